The molecule has 0 saturated carbocycles. The molecule has 6 heteroatoms. The van der Waals surface area contributed by atoms with Gasteiger partial charge < -0.3 is 9.47 Å². The molecule has 25 heavy (non-hydrogen) atoms. The summed E-state index contributed by atoms with van der Waals surface area (Å²) in [5, 5.41) is 5.07. The average Bonchev–Trinajstić information content (AvgIpc) is 2.87. The molecule has 3 rings (SSSR count). The normalized spacial score (nSPS) is 10.9. The third-order valence-electron chi connectivity index (χ3n) is 3.82. The Kier molecular flexibility index (Phi) is 4.70. The fourth-order valence-electron chi connectivity index (χ4n) is 2.72. The van der Waals surface area contributed by atoms with Crippen LogP contribution in [0.1, 0.15) is 35.1 Å². The summed E-state index contributed by atoms with van der Waals surface area (Å²) in [6, 6.07) is 8.77. The summed E-state index contributed by atoms with van der Waals surface area (Å²) < 4.78 is 12.7. The Morgan fingerprint density at radius 3 is 2.52 bits per heavy atom. The second-order valence-electron chi connectivity index (χ2n) is 5.93. The quantitative estimate of drug-likeness (QED) is 0.525. The van der Waals surface area contributed by atoms with Gasteiger partial charge in [0.1, 0.15) is 11.5 Å². The number of hydrogen-bond donors (Lipinski definition) is 0. The minimum atomic E-state index is -0.422. The van der Waals surface area contributed by atoms with Crippen LogP contribution in [0.25, 0.3) is 11.0 Å². The second kappa shape index (κ2) is 6.93. The Hall–Kier alpha value is -2.89. The topological polar surface area (TPSA) is 66.2 Å². The zero-order valence-corrected chi connectivity index (χ0v) is 14.9. The van der Waals surface area contributed by atoms with E-state index >= 15 is 0 Å². The number of hydrogen-bond acceptors (Lipinski definition) is 5. The predicted octanol–water partition coefficient (Wildman–Crippen LogP) is 3.59. The molecule has 0 bridgehead atoms. The maximum atomic E-state index is 12.7. The number of carbonyl (C=O) groups excluding carboxylic acids is 1. The highest BCUT2D eigenvalue weighted by Gasteiger charge is 2.19. The lowest BCUT2D eigenvalue weighted by Crippen LogP contribution is -2.10. The van der Waals surface area contributed by atoms with Crippen LogP contribution in [0, 0.1) is 13.8 Å². The van der Waals surface area contributed by atoms with Gasteiger partial charge in [0, 0.05) is 12.7 Å². The number of aromatic nitrogens is 3. The number of ether oxygens (including phenoxy) is 2. The molecule has 0 spiro atoms. The van der Waals surface area contributed by atoms with Crippen LogP contribution in [0.4, 0.5) is 0 Å². The number of carbonyl (C=O) groups is 1. The zero-order valence-electron chi connectivity index (χ0n) is 14.9. The number of rotatable bonds is 5. The van der Waals surface area contributed by atoms with Crippen LogP contribution in [0.2, 0.25) is 0 Å². The van der Waals surface area contributed by atoms with Gasteiger partial charge in [-0.2, -0.15) is 5.10 Å². The number of aryl methyl sites for hydroxylation is 3. The predicted molar refractivity (Wildman–Crippen MR) is 95.2 cm³/mol. The molecule has 0 aliphatic rings. The van der Waals surface area contributed by atoms with E-state index in [0.717, 1.165) is 28.9 Å². The summed E-state index contributed by atoms with van der Waals surface area (Å²) in [5.74, 6) is 0.804. The molecule has 6 nitrogen and oxygen atoms in total. The summed E-state index contributed by atoms with van der Waals surface area (Å²) >= 11 is 0. The molecule has 1 aromatic carbocycles. The van der Waals surface area contributed by atoms with Crippen molar-refractivity contribution >= 4 is 17.0 Å². The van der Waals surface area contributed by atoms with Crippen molar-refractivity contribution in [3.8, 4) is 11.5 Å². The van der Waals surface area contributed by atoms with E-state index in [1.54, 1.807) is 35.0 Å². The van der Waals surface area contributed by atoms with Crippen molar-refractivity contribution in [3.05, 3.63) is 47.3 Å². The van der Waals surface area contributed by atoms with Gasteiger partial charge in [0.05, 0.1) is 23.3 Å². The number of nitrogens with zero attached hydrogens (tertiary/aromatic N) is 3. The summed E-state index contributed by atoms with van der Waals surface area (Å²) in [6.07, 6.45) is 0.943. The van der Waals surface area contributed by atoms with E-state index in [0.29, 0.717) is 23.6 Å². The van der Waals surface area contributed by atoms with Crippen LogP contribution in [0.15, 0.2) is 30.3 Å². The molecule has 2 aromatic heterocycles. The lowest BCUT2D eigenvalue weighted by atomic mass is 10.1. The van der Waals surface area contributed by atoms with Gasteiger partial charge in [-0.1, -0.05) is 6.92 Å². The van der Waals surface area contributed by atoms with Gasteiger partial charge in [-0.3, -0.25) is 4.68 Å². The Labute approximate surface area is 146 Å². The van der Waals surface area contributed by atoms with E-state index in [-0.39, 0.29) is 0 Å². The van der Waals surface area contributed by atoms with Gasteiger partial charge in [0.25, 0.3) is 0 Å². The molecule has 0 saturated heterocycles. The van der Waals surface area contributed by atoms with Crippen LogP contribution < -0.4 is 9.47 Å². The van der Waals surface area contributed by atoms with E-state index < -0.39 is 5.97 Å². The monoisotopic (exact) mass is 339 g/mol. The maximum absolute atomic E-state index is 12.7. The van der Waals surface area contributed by atoms with E-state index in [9.17, 15) is 4.79 Å². The van der Waals surface area contributed by atoms with E-state index in [1.165, 1.54) is 0 Å². The lowest BCUT2D eigenvalue weighted by molar-refractivity contribution is 0.0736. The summed E-state index contributed by atoms with van der Waals surface area (Å²) in [7, 11) is 1.81. The molecule has 0 aliphatic carbocycles. The molecule has 3 aromatic rings. The Bertz CT molecular complexity index is 914. The molecule has 0 amide bonds. The first-order valence-corrected chi connectivity index (χ1v) is 8.25. The average molecular weight is 339 g/mol. The van der Waals surface area contributed by atoms with Crippen molar-refractivity contribution in [1.82, 2.24) is 14.8 Å². The largest absolute Gasteiger partial charge is 0.494 e. The minimum Gasteiger partial charge on any atom is -0.494 e. The molecular formula is C19H21N3O3. The van der Waals surface area contributed by atoms with E-state index in [1.807, 2.05) is 27.8 Å². The van der Waals surface area contributed by atoms with Crippen molar-refractivity contribution < 1.29 is 14.3 Å². The first kappa shape index (κ1) is 17.0. The van der Waals surface area contributed by atoms with Crippen molar-refractivity contribution in [2.75, 3.05) is 6.61 Å². The molecule has 130 valence electrons. The number of benzene rings is 1. The van der Waals surface area contributed by atoms with Gasteiger partial charge in [-0.05, 0) is 50.6 Å². The van der Waals surface area contributed by atoms with Gasteiger partial charge >= 0.3 is 5.97 Å². The molecular weight excluding hydrogens is 318 g/mol. The summed E-state index contributed by atoms with van der Waals surface area (Å²) in [6.45, 7) is 6.41. The van der Waals surface area contributed by atoms with Gasteiger partial charge in [0.15, 0.2) is 5.65 Å². The standard InChI is InChI=1S/C19H21N3O3/c1-5-10-24-14-6-8-15(9-7-14)25-19(23)16-11-12(2)20-18-17(16)13(3)21-22(18)4/h6-9,11H,5,10H2,1-4H3. The van der Waals surface area contributed by atoms with Gasteiger partial charge in [0.2, 0.25) is 0 Å². The van der Waals surface area contributed by atoms with Crippen molar-refractivity contribution in [2.45, 2.75) is 27.2 Å². The number of esters is 1. The van der Waals surface area contributed by atoms with E-state index in [4.69, 9.17) is 9.47 Å². The first-order valence-electron chi connectivity index (χ1n) is 8.25. The maximum Gasteiger partial charge on any atom is 0.344 e. The van der Waals surface area contributed by atoms with Crippen molar-refractivity contribution in [1.29, 1.82) is 0 Å². The number of fused-ring (bicyclic) bond motifs is 1. The van der Waals surface area contributed by atoms with Crippen molar-refractivity contribution in [2.24, 2.45) is 7.05 Å². The van der Waals surface area contributed by atoms with E-state index in [2.05, 4.69) is 10.1 Å². The molecule has 2 heterocycles. The highest BCUT2D eigenvalue weighted by Crippen LogP contribution is 2.24. The smallest absolute Gasteiger partial charge is 0.344 e. The van der Waals surface area contributed by atoms with Crippen LogP contribution in [0.5, 0.6) is 11.5 Å². The third-order valence-corrected chi connectivity index (χ3v) is 3.82. The Morgan fingerprint density at radius 1 is 1.16 bits per heavy atom. The SMILES string of the molecule is CCCOc1ccc(OC(=O)c2cc(C)nc3c2c(C)nn3C)cc1. The highest BCUT2D eigenvalue weighted by molar-refractivity contribution is 6.04. The van der Waals surface area contributed by atoms with Gasteiger partial charge in [-0.15, -0.1) is 0 Å². The summed E-state index contributed by atoms with van der Waals surface area (Å²) in [4.78, 5) is 17.1. The zero-order chi connectivity index (χ0) is 18.0. The fraction of sp³-hybridized carbons (Fsp3) is 0.316. The second-order valence-corrected chi connectivity index (χ2v) is 5.93. The summed E-state index contributed by atoms with van der Waals surface area (Å²) in [5.41, 5.74) is 2.64. The van der Waals surface area contributed by atoms with Crippen LogP contribution in [0.3, 0.4) is 0 Å². The first-order chi connectivity index (χ1) is 12.0. The van der Waals surface area contributed by atoms with Crippen LogP contribution in [-0.2, 0) is 7.05 Å². The molecule has 0 unspecified atom stereocenters. The van der Waals surface area contributed by atoms with Gasteiger partial charge in [-0.25, -0.2) is 9.78 Å². The fourth-order valence-corrected chi connectivity index (χ4v) is 2.72. The van der Waals surface area contributed by atoms with Crippen LogP contribution >= 0.6 is 0 Å². The molecule has 0 radical (unpaired) electrons. The molecule has 0 atom stereocenters. The van der Waals surface area contributed by atoms with Crippen molar-refractivity contribution in [3.63, 3.8) is 0 Å². The molecule has 0 N–H and O–H groups in total. The minimum absolute atomic E-state index is 0.422. The molecule has 0 fully saturated rings. The Morgan fingerprint density at radius 2 is 1.84 bits per heavy atom. The molecule has 0 aliphatic heterocycles. The Balaban J connectivity index is 1.87. The number of pyridine rings is 1. The highest BCUT2D eigenvalue weighted by atomic mass is 16.5. The third kappa shape index (κ3) is 3.47. The lowest BCUT2D eigenvalue weighted by Gasteiger charge is -2.08. The van der Waals surface area contributed by atoms with Crippen LogP contribution in [-0.4, -0.2) is 27.3 Å².